The molecule has 0 unspecified atom stereocenters. The first kappa shape index (κ1) is 19.9. The lowest BCUT2D eigenvalue weighted by Gasteiger charge is -2.18. The zero-order valence-corrected chi connectivity index (χ0v) is 18.7. The lowest BCUT2D eigenvalue weighted by atomic mass is 10.1. The summed E-state index contributed by atoms with van der Waals surface area (Å²) in [6.45, 7) is 8.13. The third kappa shape index (κ3) is 3.65. The minimum absolute atomic E-state index is 0.00962. The number of benzene rings is 1. The molecule has 0 aliphatic carbocycles. The number of nitrogens with one attached hydrogen (secondary N) is 1. The molecule has 0 aliphatic heterocycles. The average Bonchev–Trinajstić information content (AvgIpc) is 3.30. The van der Waals surface area contributed by atoms with Crippen molar-refractivity contribution in [3.05, 3.63) is 52.7 Å². The lowest BCUT2D eigenvalue weighted by Crippen LogP contribution is -2.26. The number of aryl methyl sites for hydroxylation is 3. The minimum Gasteiger partial charge on any atom is -0.325 e. The van der Waals surface area contributed by atoms with Crippen molar-refractivity contribution in [3.8, 4) is 0 Å². The molecule has 4 rings (SSSR count). The van der Waals surface area contributed by atoms with E-state index < -0.39 is 0 Å². The molecule has 5 nitrogen and oxygen atoms in total. The smallest absolute Gasteiger partial charge is 0.237 e. The third-order valence-corrected chi connectivity index (χ3v) is 7.36. The largest absolute Gasteiger partial charge is 0.325 e. The summed E-state index contributed by atoms with van der Waals surface area (Å²) in [5.41, 5.74) is 5.33. The second-order valence-corrected chi connectivity index (χ2v) is 9.19. The molecule has 0 aliphatic rings. The van der Waals surface area contributed by atoms with Crippen LogP contribution in [0.15, 0.2) is 40.7 Å². The Bertz CT molecular complexity index is 1190. The number of aromatic nitrogens is 3. The molecule has 1 atom stereocenters. The molecule has 29 heavy (non-hydrogen) atoms. The van der Waals surface area contributed by atoms with E-state index in [9.17, 15) is 4.79 Å². The summed E-state index contributed by atoms with van der Waals surface area (Å²) >= 11 is 3.19. The number of hydrogen-bond donors (Lipinski definition) is 1. The topological polar surface area (TPSA) is 59.3 Å². The van der Waals surface area contributed by atoms with E-state index in [-0.39, 0.29) is 11.2 Å². The molecule has 0 spiro atoms. The van der Waals surface area contributed by atoms with Gasteiger partial charge in [-0.3, -0.25) is 9.20 Å². The molecule has 1 aromatic carbocycles. The first-order valence-electron chi connectivity index (χ1n) is 9.81. The van der Waals surface area contributed by atoms with E-state index in [2.05, 4.69) is 50.4 Å². The summed E-state index contributed by atoms with van der Waals surface area (Å²) in [7, 11) is 0. The number of thiophene rings is 1. The van der Waals surface area contributed by atoms with E-state index in [1.165, 1.54) is 16.5 Å². The minimum atomic E-state index is -0.243. The van der Waals surface area contributed by atoms with Gasteiger partial charge in [0.05, 0.1) is 21.0 Å². The highest BCUT2D eigenvalue weighted by Crippen LogP contribution is 2.34. The number of hydrogen-bond acceptors (Lipinski definition) is 5. The summed E-state index contributed by atoms with van der Waals surface area (Å²) in [6.07, 6.45) is 1.59. The van der Waals surface area contributed by atoms with Crippen molar-refractivity contribution < 1.29 is 4.79 Å². The summed E-state index contributed by atoms with van der Waals surface area (Å²) in [6, 6.07) is 10.4. The molecule has 0 bridgehead atoms. The highest BCUT2D eigenvalue weighted by atomic mass is 32.2. The average molecular weight is 425 g/mol. The molecule has 0 saturated carbocycles. The maximum absolute atomic E-state index is 13.1. The molecule has 150 valence electrons. The van der Waals surface area contributed by atoms with Crippen LogP contribution in [0.1, 0.15) is 37.2 Å². The number of carbonyl (C=O) groups excluding carboxylic acids is 1. The van der Waals surface area contributed by atoms with Crippen LogP contribution in [0.25, 0.3) is 15.7 Å². The monoisotopic (exact) mass is 424 g/mol. The predicted molar refractivity (Wildman–Crippen MR) is 122 cm³/mol. The van der Waals surface area contributed by atoms with Crippen LogP contribution in [0, 0.1) is 13.8 Å². The molecular weight excluding hydrogens is 400 g/mol. The number of thioether (sulfide) groups is 1. The van der Waals surface area contributed by atoms with Gasteiger partial charge < -0.3 is 5.32 Å². The Morgan fingerprint density at radius 1 is 1.21 bits per heavy atom. The van der Waals surface area contributed by atoms with Gasteiger partial charge >= 0.3 is 0 Å². The van der Waals surface area contributed by atoms with Crippen LogP contribution in [0.5, 0.6) is 0 Å². The van der Waals surface area contributed by atoms with E-state index in [0.717, 1.165) is 45.1 Å². The van der Waals surface area contributed by atoms with Gasteiger partial charge in [-0.25, -0.2) is 0 Å². The zero-order chi connectivity index (χ0) is 20.5. The second kappa shape index (κ2) is 8.16. The van der Waals surface area contributed by atoms with E-state index in [4.69, 9.17) is 0 Å². The van der Waals surface area contributed by atoms with Gasteiger partial charge in [-0.15, -0.1) is 21.5 Å². The summed E-state index contributed by atoms with van der Waals surface area (Å²) < 4.78 is 3.33. The fraction of sp³-hybridized carbons (Fsp3) is 0.318. The number of anilines is 1. The Balaban J connectivity index is 1.64. The Morgan fingerprint density at radius 2 is 2.03 bits per heavy atom. The van der Waals surface area contributed by atoms with Crippen molar-refractivity contribution in [3.63, 3.8) is 0 Å². The van der Waals surface area contributed by atoms with Gasteiger partial charge in [0.2, 0.25) is 5.91 Å². The first-order valence-corrected chi connectivity index (χ1v) is 11.6. The maximum atomic E-state index is 13.1. The maximum Gasteiger partial charge on any atom is 0.237 e. The van der Waals surface area contributed by atoms with Crippen molar-refractivity contribution >= 4 is 50.4 Å². The number of fused-ring (bicyclic) bond motifs is 3. The van der Waals surface area contributed by atoms with Crippen LogP contribution in [0.2, 0.25) is 0 Å². The van der Waals surface area contributed by atoms with Gasteiger partial charge in [0, 0.05) is 5.69 Å². The van der Waals surface area contributed by atoms with Gasteiger partial charge in [-0.1, -0.05) is 43.8 Å². The normalized spacial score (nSPS) is 12.6. The van der Waals surface area contributed by atoms with Crippen LogP contribution in [0.3, 0.4) is 0 Å². The molecular formula is C22H24N4OS2. The Labute approximate surface area is 178 Å². The molecule has 1 N–H and O–H groups in total. The highest BCUT2D eigenvalue weighted by molar-refractivity contribution is 8.00. The number of rotatable bonds is 6. The molecule has 7 heteroatoms. The molecule has 3 heterocycles. The van der Waals surface area contributed by atoms with Crippen molar-refractivity contribution in [2.75, 3.05) is 5.32 Å². The molecule has 0 fully saturated rings. The van der Waals surface area contributed by atoms with Gasteiger partial charge in [-0.2, -0.15) is 0 Å². The Morgan fingerprint density at radius 3 is 2.79 bits per heavy atom. The molecule has 4 aromatic rings. The van der Waals surface area contributed by atoms with Crippen LogP contribution < -0.4 is 5.32 Å². The van der Waals surface area contributed by atoms with Gasteiger partial charge in [0.25, 0.3) is 0 Å². The van der Waals surface area contributed by atoms with Crippen molar-refractivity contribution in [1.29, 1.82) is 0 Å². The number of carbonyl (C=O) groups is 1. The zero-order valence-electron chi connectivity index (χ0n) is 17.0. The van der Waals surface area contributed by atoms with Crippen molar-refractivity contribution in [2.24, 2.45) is 0 Å². The summed E-state index contributed by atoms with van der Waals surface area (Å²) in [5.74, 6) is 0.859. The van der Waals surface area contributed by atoms with Gasteiger partial charge in [0.15, 0.2) is 0 Å². The van der Waals surface area contributed by atoms with Gasteiger partial charge in [-0.05, 0) is 55.3 Å². The number of para-hydroxylation sites is 1. The Hall–Kier alpha value is -2.38. The SMILES string of the molecule is CCc1cccc(C)c1NC(=O)[C@H](CC)Sc1nnc(C)n2c1cc1sccc12. The molecule has 0 radical (unpaired) electrons. The highest BCUT2D eigenvalue weighted by Gasteiger charge is 2.23. The van der Waals surface area contributed by atoms with E-state index >= 15 is 0 Å². The standard InChI is InChI=1S/C22H24N4OS2/c1-5-15-9-7-8-13(3)20(15)23-21(27)18(6-2)29-22-17-12-19-16(10-11-28-19)26(17)14(4)24-25-22/h7-12,18H,5-6H2,1-4H3,(H,23,27)/t18-/m0/s1. The van der Waals surface area contributed by atoms with E-state index in [1.807, 2.05) is 32.9 Å². The predicted octanol–water partition coefficient (Wildman–Crippen LogP) is 5.63. The number of amides is 1. The summed E-state index contributed by atoms with van der Waals surface area (Å²) in [4.78, 5) is 13.1. The van der Waals surface area contributed by atoms with Crippen molar-refractivity contribution in [1.82, 2.24) is 14.6 Å². The third-order valence-electron chi connectivity index (χ3n) is 5.16. The van der Waals surface area contributed by atoms with Crippen LogP contribution >= 0.6 is 23.1 Å². The fourth-order valence-electron chi connectivity index (χ4n) is 3.59. The van der Waals surface area contributed by atoms with Crippen LogP contribution in [-0.2, 0) is 11.2 Å². The lowest BCUT2D eigenvalue weighted by molar-refractivity contribution is -0.115. The first-order chi connectivity index (χ1) is 14.0. The molecule has 3 aromatic heterocycles. The van der Waals surface area contributed by atoms with E-state index in [0.29, 0.717) is 6.42 Å². The molecule has 1 amide bonds. The summed E-state index contributed by atoms with van der Waals surface area (Å²) in [5, 5.41) is 14.6. The van der Waals surface area contributed by atoms with Gasteiger partial charge in [0.1, 0.15) is 10.9 Å². The van der Waals surface area contributed by atoms with Crippen LogP contribution in [-0.4, -0.2) is 25.8 Å². The second-order valence-electron chi connectivity index (χ2n) is 7.05. The molecule has 0 saturated heterocycles. The van der Waals surface area contributed by atoms with Crippen LogP contribution in [0.4, 0.5) is 5.69 Å². The van der Waals surface area contributed by atoms with Crippen molar-refractivity contribution in [2.45, 2.75) is 50.8 Å². The fourth-order valence-corrected chi connectivity index (χ4v) is 5.36. The van der Waals surface area contributed by atoms with E-state index in [1.54, 1.807) is 11.3 Å². The quantitative estimate of drug-likeness (QED) is 0.407. The Kier molecular flexibility index (Phi) is 5.61. The number of nitrogens with zero attached hydrogens (tertiary/aromatic N) is 3.